The number of hydrogen-bond acceptors (Lipinski definition) is 2. The second-order valence-corrected chi connectivity index (χ2v) is 5.59. The van der Waals surface area contributed by atoms with Crippen LogP contribution in [0, 0.1) is 0 Å². The van der Waals surface area contributed by atoms with Gasteiger partial charge in [-0.25, -0.2) is 0 Å². The van der Waals surface area contributed by atoms with E-state index in [-0.39, 0.29) is 5.54 Å². The van der Waals surface area contributed by atoms with Crippen LogP contribution in [0.2, 0.25) is 0 Å². The quantitative estimate of drug-likeness (QED) is 0.825. The zero-order chi connectivity index (χ0) is 11.8. The lowest BCUT2D eigenvalue weighted by Crippen LogP contribution is -2.28. The minimum atomic E-state index is -0.231. The van der Waals surface area contributed by atoms with Gasteiger partial charge in [-0.2, -0.15) is 0 Å². The van der Waals surface area contributed by atoms with Gasteiger partial charge >= 0.3 is 0 Å². The molecule has 88 valence electrons. The van der Waals surface area contributed by atoms with Gasteiger partial charge in [0, 0.05) is 12.1 Å². The van der Waals surface area contributed by atoms with E-state index in [0.29, 0.717) is 5.92 Å². The van der Waals surface area contributed by atoms with Gasteiger partial charge in [-0.15, -0.1) is 0 Å². The lowest BCUT2D eigenvalue weighted by Gasteiger charge is -2.20. The minimum absolute atomic E-state index is 0.231. The van der Waals surface area contributed by atoms with Crippen molar-refractivity contribution in [3.63, 3.8) is 0 Å². The van der Waals surface area contributed by atoms with Crippen molar-refractivity contribution in [3.05, 3.63) is 35.4 Å². The summed E-state index contributed by atoms with van der Waals surface area (Å²) in [5.74, 6) is 0.708. The first-order valence-corrected chi connectivity index (χ1v) is 6.04. The van der Waals surface area contributed by atoms with Crippen LogP contribution in [0.5, 0.6) is 0 Å². The average molecular weight is 218 g/mol. The van der Waals surface area contributed by atoms with Crippen LogP contribution in [0.4, 0.5) is 0 Å². The first-order valence-electron chi connectivity index (χ1n) is 6.04. The number of nitrogens with two attached hydrogens (primary N) is 1. The van der Waals surface area contributed by atoms with Gasteiger partial charge in [0.2, 0.25) is 0 Å². The summed E-state index contributed by atoms with van der Waals surface area (Å²) in [5.41, 5.74) is 8.51. The zero-order valence-corrected chi connectivity index (χ0v) is 10.5. The van der Waals surface area contributed by atoms with Crippen LogP contribution in [-0.4, -0.2) is 25.0 Å². The van der Waals surface area contributed by atoms with Crippen LogP contribution >= 0.6 is 0 Å². The Hall–Kier alpha value is -0.860. The summed E-state index contributed by atoms with van der Waals surface area (Å²) in [7, 11) is 2.19. The molecular formula is C14H22N2. The Morgan fingerprint density at radius 1 is 1.25 bits per heavy atom. The van der Waals surface area contributed by atoms with Crippen LogP contribution in [0.25, 0.3) is 0 Å². The standard InChI is InChI=1S/C14H22N2/c1-14(2,15)13-6-4-11(5-7-13)12-8-9-16(3)10-12/h4-7,12H,8-10,15H2,1-3H3. The smallest absolute Gasteiger partial charge is 0.0352 e. The van der Waals surface area contributed by atoms with Gasteiger partial charge in [-0.1, -0.05) is 24.3 Å². The van der Waals surface area contributed by atoms with Gasteiger partial charge in [0.25, 0.3) is 0 Å². The molecule has 0 saturated carbocycles. The normalized spacial score (nSPS) is 22.6. The topological polar surface area (TPSA) is 29.3 Å². The van der Waals surface area contributed by atoms with E-state index in [0.717, 1.165) is 0 Å². The summed E-state index contributed by atoms with van der Waals surface area (Å²) in [6.45, 7) is 6.50. The molecule has 1 aromatic carbocycles. The maximum absolute atomic E-state index is 6.07. The lowest BCUT2D eigenvalue weighted by molar-refractivity contribution is 0.411. The largest absolute Gasteiger partial charge is 0.322 e. The molecule has 1 fully saturated rings. The van der Waals surface area contributed by atoms with Gasteiger partial charge < -0.3 is 10.6 Å². The fourth-order valence-electron chi connectivity index (χ4n) is 2.39. The van der Waals surface area contributed by atoms with E-state index in [4.69, 9.17) is 5.73 Å². The van der Waals surface area contributed by atoms with E-state index in [9.17, 15) is 0 Å². The molecule has 0 bridgehead atoms. The Balaban J connectivity index is 2.14. The van der Waals surface area contributed by atoms with Crippen LogP contribution in [0.15, 0.2) is 24.3 Å². The molecule has 1 aromatic rings. The molecule has 2 rings (SSSR count). The summed E-state index contributed by atoms with van der Waals surface area (Å²) in [4.78, 5) is 2.39. The van der Waals surface area contributed by atoms with Crippen molar-refractivity contribution in [3.8, 4) is 0 Å². The SMILES string of the molecule is CN1CCC(c2ccc(C(C)(C)N)cc2)C1. The summed E-state index contributed by atoms with van der Waals surface area (Å²) < 4.78 is 0. The summed E-state index contributed by atoms with van der Waals surface area (Å²) in [6.07, 6.45) is 1.28. The number of likely N-dealkylation sites (N-methyl/N-ethyl adjacent to an activating group) is 1. The molecule has 0 amide bonds. The number of likely N-dealkylation sites (tertiary alicyclic amines) is 1. The van der Waals surface area contributed by atoms with Crippen molar-refractivity contribution in [2.45, 2.75) is 31.7 Å². The summed E-state index contributed by atoms with van der Waals surface area (Å²) in [5, 5.41) is 0. The van der Waals surface area contributed by atoms with Gasteiger partial charge in [-0.05, 0) is 50.9 Å². The molecule has 0 aliphatic carbocycles. The van der Waals surface area contributed by atoms with E-state index in [1.807, 2.05) is 13.8 Å². The molecule has 16 heavy (non-hydrogen) atoms. The monoisotopic (exact) mass is 218 g/mol. The summed E-state index contributed by atoms with van der Waals surface area (Å²) >= 11 is 0. The van der Waals surface area contributed by atoms with Gasteiger partial charge in [0.05, 0.1) is 0 Å². The lowest BCUT2D eigenvalue weighted by atomic mass is 9.91. The Kier molecular flexibility index (Phi) is 3.04. The third-order valence-corrected chi connectivity index (χ3v) is 3.52. The van der Waals surface area contributed by atoms with Crippen LogP contribution in [-0.2, 0) is 5.54 Å². The van der Waals surface area contributed by atoms with Crippen molar-refractivity contribution in [2.24, 2.45) is 5.73 Å². The first kappa shape index (κ1) is 11.6. The van der Waals surface area contributed by atoms with Crippen molar-refractivity contribution >= 4 is 0 Å². The van der Waals surface area contributed by atoms with Gasteiger partial charge in [0.15, 0.2) is 0 Å². The molecule has 2 N–H and O–H groups in total. The fraction of sp³-hybridized carbons (Fsp3) is 0.571. The summed E-state index contributed by atoms with van der Waals surface area (Å²) in [6, 6.07) is 8.84. The number of benzene rings is 1. The van der Waals surface area contributed by atoms with Crippen molar-refractivity contribution in [2.75, 3.05) is 20.1 Å². The van der Waals surface area contributed by atoms with Crippen molar-refractivity contribution in [1.29, 1.82) is 0 Å². The average Bonchev–Trinajstić information content (AvgIpc) is 2.64. The third kappa shape index (κ3) is 2.45. The molecule has 2 heteroatoms. The van der Waals surface area contributed by atoms with E-state index in [1.165, 1.54) is 30.6 Å². The fourth-order valence-corrected chi connectivity index (χ4v) is 2.39. The second kappa shape index (κ2) is 4.19. The van der Waals surface area contributed by atoms with E-state index in [2.05, 4.69) is 36.2 Å². The highest BCUT2D eigenvalue weighted by Gasteiger charge is 2.21. The molecule has 1 atom stereocenters. The third-order valence-electron chi connectivity index (χ3n) is 3.52. The molecular weight excluding hydrogens is 196 g/mol. The van der Waals surface area contributed by atoms with Crippen LogP contribution < -0.4 is 5.73 Å². The molecule has 2 nitrogen and oxygen atoms in total. The molecule has 1 saturated heterocycles. The first-order chi connectivity index (χ1) is 7.47. The van der Waals surface area contributed by atoms with Crippen LogP contribution in [0.3, 0.4) is 0 Å². The number of rotatable bonds is 2. The van der Waals surface area contributed by atoms with E-state index in [1.54, 1.807) is 0 Å². The van der Waals surface area contributed by atoms with Gasteiger partial charge in [0.1, 0.15) is 0 Å². The van der Waals surface area contributed by atoms with Crippen molar-refractivity contribution < 1.29 is 0 Å². The zero-order valence-electron chi connectivity index (χ0n) is 10.5. The highest BCUT2D eigenvalue weighted by molar-refractivity contribution is 5.29. The number of hydrogen-bond donors (Lipinski definition) is 1. The molecule has 1 heterocycles. The highest BCUT2D eigenvalue weighted by atomic mass is 15.1. The predicted octanol–water partition coefficient (Wildman–Crippen LogP) is 2.30. The Morgan fingerprint density at radius 2 is 1.88 bits per heavy atom. The second-order valence-electron chi connectivity index (χ2n) is 5.59. The van der Waals surface area contributed by atoms with E-state index < -0.39 is 0 Å². The molecule has 0 radical (unpaired) electrons. The molecule has 1 unspecified atom stereocenters. The highest BCUT2D eigenvalue weighted by Crippen LogP contribution is 2.27. The predicted molar refractivity (Wildman–Crippen MR) is 68.5 cm³/mol. The van der Waals surface area contributed by atoms with Crippen LogP contribution in [0.1, 0.15) is 37.3 Å². The Bertz CT molecular complexity index is 348. The van der Waals surface area contributed by atoms with Gasteiger partial charge in [-0.3, -0.25) is 0 Å². The maximum Gasteiger partial charge on any atom is 0.0352 e. The molecule has 0 aromatic heterocycles. The maximum atomic E-state index is 6.07. The van der Waals surface area contributed by atoms with Crippen molar-refractivity contribution in [1.82, 2.24) is 4.90 Å². The number of nitrogens with zero attached hydrogens (tertiary/aromatic N) is 1. The minimum Gasteiger partial charge on any atom is -0.322 e. The Morgan fingerprint density at radius 3 is 2.31 bits per heavy atom. The molecule has 1 aliphatic rings. The molecule has 0 spiro atoms. The van der Waals surface area contributed by atoms with E-state index >= 15 is 0 Å². The molecule has 1 aliphatic heterocycles. The Labute approximate surface area is 98.4 Å².